The number of aliphatic hydroxyl groups is 2. The van der Waals surface area contributed by atoms with Gasteiger partial charge in [-0.3, -0.25) is 14.4 Å². The topological polar surface area (TPSA) is 141 Å². The number of ether oxygens (including phenoxy) is 4. The lowest BCUT2D eigenvalue weighted by Crippen LogP contribution is -2.66. The Morgan fingerprint density at radius 2 is 0.941 bits per heavy atom. The molecule has 0 aliphatic carbocycles. The molecular weight excluding hydrogens is 855 g/mol. The molecule has 68 heavy (non-hydrogen) atoms. The Hall–Kier alpha value is -4.87. The van der Waals surface area contributed by atoms with Crippen LogP contribution in [-0.2, 0) is 59.2 Å². The summed E-state index contributed by atoms with van der Waals surface area (Å²) in [6.45, 7) is -0.474. The SMILES string of the molecule is O=C(CCCCCCCCc1ccccc1)OC(CCCCCCCc1ccccc1)C(=O)N[C@H]1[C@H](OCc2ccccc2)O[C@H](CO)[C@@H](O)[C@@H]1OC(=O)CCCCCCCCc1ccccc1. The van der Waals surface area contributed by atoms with Crippen molar-refractivity contribution in [3.63, 3.8) is 0 Å². The van der Waals surface area contributed by atoms with Crippen LogP contribution in [0.4, 0.5) is 0 Å². The fraction of sp³-hybridized carbons (Fsp3) is 0.534. The third-order valence-electron chi connectivity index (χ3n) is 12.9. The highest BCUT2D eigenvalue weighted by Crippen LogP contribution is 2.27. The van der Waals surface area contributed by atoms with Crippen LogP contribution in [0.25, 0.3) is 0 Å². The molecule has 0 spiro atoms. The van der Waals surface area contributed by atoms with Gasteiger partial charge >= 0.3 is 11.9 Å². The normalized spacial score (nSPS) is 18.4. The number of unbranched alkanes of at least 4 members (excludes halogenated alkanes) is 14. The fourth-order valence-corrected chi connectivity index (χ4v) is 8.92. The summed E-state index contributed by atoms with van der Waals surface area (Å²) in [6.07, 6.45) is 13.9. The summed E-state index contributed by atoms with van der Waals surface area (Å²) in [6, 6.07) is 39.7. The van der Waals surface area contributed by atoms with Crippen LogP contribution in [0.5, 0.6) is 0 Å². The molecule has 4 aromatic carbocycles. The smallest absolute Gasteiger partial charge is 0.306 e. The first-order chi connectivity index (χ1) is 33.4. The number of hydrogen-bond acceptors (Lipinski definition) is 9. The van der Waals surface area contributed by atoms with Crippen LogP contribution in [0.15, 0.2) is 121 Å². The number of amides is 1. The van der Waals surface area contributed by atoms with E-state index in [0.717, 1.165) is 115 Å². The van der Waals surface area contributed by atoms with Crippen molar-refractivity contribution in [2.45, 2.75) is 191 Å². The summed E-state index contributed by atoms with van der Waals surface area (Å²) in [5, 5.41) is 24.8. The molecular formula is C58H79NO9. The first kappa shape index (κ1) is 54.1. The second-order valence-corrected chi connectivity index (χ2v) is 18.5. The summed E-state index contributed by atoms with van der Waals surface area (Å²) in [5.41, 5.74) is 4.85. The highest BCUT2D eigenvalue weighted by molar-refractivity contribution is 5.84. The Balaban J connectivity index is 1.17. The predicted molar refractivity (Wildman–Crippen MR) is 267 cm³/mol. The van der Waals surface area contributed by atoms with Crippen molar-refractivity contribution in [1.29, 1.82) is 0 Å². The summed E-state index contributed by atoms with van der Waals surface area (Å²) in [4.78, 5) is 41.2. The van der Waals surface area contributed by atoms with E-state index in [-0.39, 0.29) is 19.4 Å². The molecule has 1 unspecified atom stereocenters. The highest BCUT2D eigenvalue weighted by Gasteiger charge is 2.49. The summed E-state index contributed by atoms with van der Waals surface area (Å²) < 4.78 is 24.3. The molecule has 1 heterocycles. The van der Waals surface area contributed by atoms with E-state index in [1.165, 1.54) is 16.7 Å². The lowest BCUT2D eigenvalue weighted by molar-refractivity contribution is -0.277. The van der Waals surface area contributed by atoms with Gasteiger partial charge in [-0.1, -0.05) is 192 Å². The van der Waals surface area contributed by atoms with Gasteiger partial charge in [-0.15, -0.1) is 0 Å². The predicted octanol–water partition coefficient (Wildman–Crippen LogP) is 11.1. The second-order valence-electron chi connectivity index (χ2n) is 18.5. The van der Waals surface area contributed by atoms with Crippen molar-refractivity contribution in [3.8, 4) is 0 Å². The van der Waals surface area contributed by atoms with Gasteiger partial charge in [-0.25, -0.2) is 0 Å². The number of nitrogens with one attached hydrogen (secondary N) is 1. The Labute approximate surface area is 406 Å². The van der Waals surface area contributed by atoms with Gasteiger partial charge in [0.05, 0.1) is 13.2 Å². The third kappa shape index (κ3) is 21.2. The minimum atomic E-state index is -1.47. The van der Waals surface area contributed by atoms with E-state index in [9.17, 15) is 24.6 Å². The van der Waals surface area contributed by atoms with Crippen LogP contribution in [0, 0.1) is 0 Å². The van der Waals surface area contributed by atoms with Crippen LogP contribution < -0.4 is 5.32 Å². The number of aryl methyl sites for hydroxylation is 3. The first-order valence-corrected chi connectivity index (χ1v) is 25.8. The summed E-state index contributed by atoms with van der Waals surface area (Å²) in [7, 11) is 0. The van der Waals surface area contributed by atoms with Gasteiger partial charge in [0, 0.05) is 12.8 Å². The monoisotopic (exact) mass is 934 g/mol. The summed E-state index contributed by atoms with van der Waals surface area (Å²) in [5.74, 6) is -1.54. The van der Waals surface area contributed by atoms with E-state index in [0.29, 0.717) is 25.7 Å². The van der Waals surface area contributed by atoms with Crippen LogP contribution in [0.1, 0.15) is 151 Å². The third-order valence-corrected chi connectivity index (χ3v) is 12.9. The van der Waals surface area contributed by atoms with Crippen LogP contribution in [0.3, 0.4) is 0 Å². The second kappa shape index (κ2) is 32.8. The molecule has 0 radical (unpaired) electrons. The number of hydrogen-bond donors (Lipinski definition) is 3. The van der Waals surface area contributed by atoms with E-state index in [1.54, 1.807) is 0 Å². The minimum Gasteiger partial charge on any atom is -0.457 e. The number of benzene rings is 4. The van der Waals surface area contributed by atoms with E-state index in [1.807, 2.05) is 48.5 Å². The zero-order chi connectivity index (χ0) is 47.9. The van der Waals surface area contributed by atoms with Gasteiger partial charge in [0.1, 0.15) is 18.2 Å². The molecule has 0 aromatic heterocycles. The largest absolute Gasteiger partial charge is 0.457 e. The van der Waals surface area contributed by atoms with E-state index >= 15 is 0 Å². The molecule has 6 atom stereocenters. The number of carbonyl (C=O) groups excluding carboxylic acids is 3. The average Bonchev–Trinajstić information content (AvgIpc) is 3.37. The molecule has 5 rings (SSSR count). The van der Waals surface area contributed by atoms with Gasteiger partial charge in [0.15, 0.2) is 18.5 Å². The lowest BCUT2D eigenvalue weighted by Gasteiger charge is -2.44. The quantitative estimate of drug-likeness (QED) is 0.0308. The molecule has 0 saturated carbocycles. The van der Waals surface area contributed by atoms with Gasteiger partial charge in [-0.2, -0.15) is 0 Å². The van der Waals surface area contributed by atoms with Crippen molar-refractivity contribution >= 4 is 17.8 Å². The van der Waals surface area contributed by atoms with E-state index in [2.05, 4.69) is 78.1 Å². The molecule has 1 saturated heterocycles. The molecule has 1 amide bonds. The standard InChI is InChI=1S/C58H79NO9/c60-44-51-55(63)56(68-53(62)43-29-11-4-2-7-17-31-47-35-21-13-22-36-47)54(58(67-51)65-45-49-39-25-15-26-40-49)59-57(64)50(41-27-9-5-8-18-32-48-37-23-14-24-38-48)66-52(61)42-28-10-3-1-6-16-30-46-33-19-12-20-34-46/h12-15,19-26,33-40,50-51,54-56,58,60,63H,1-11,16-18,27-32,41-45H2,(H,59,64)/t50?,51-,54-,55-,56-,58-/m1/s1. The van der Waals surface area contributed by atoms with Gasteiger partial charge in [0.25, 0.3) is 5.91 Å². The van der Waals surface area contributed by atoms with E-state index in [4.69, 9.17) is 18.9 Å². The Kier molecular flexibility index (Phi) is 26.1. The Bertz CT molecular complexity index is 1930. The molecule has 1 aliphatic heterocycles. The number of esters is 2. The molecule has 1 aliphatic rings. The van der Waals surface area contributed by atoms with Crippen molar-refractivity contribution in [1.82, 2.24) is 5.32 Å². The average molecular weight is 934 g/mol. The fourth-order valence-electron chi connectivity index (χ4n) is 8.92. The maximum absolute atomic E-state index is 14.4. The van der Waals surface area contributed by atoms with Crippen LogP contribution in [0.2, 0.25) is 0 Å². The number of aliphatic hydroxyl groups excluding tert-OH is 2. The minimum absolute atomic E-state index is 0.0911. The lowest BCUT2D eigenvalue weighted by atomic mass is 9.95. The molecule has 10 heteroatoms. The zero-order valence-corrected chi connectivity index (χ0v) is 40.4. The van der Waals surface area contributed by atoms with Crippen molar-refractivity contribution in [3.05, 3.63) is 144 Å². The first-order valence-electron chi connectivity index (χ1n) is 25.8. The van der Waals surface area contributed by atoms with Crippen molar-refractivity contribution in [2.24, 2.45) is 0 Å². The maximum atomic E-state index is 14.4. The number of carbonyl (C=O) groups is 3. The van der Waals surface area contributed by atoms with Gasteiger partial charge < -0.3 is 34.5 Å². The van der Waals surface area contributed by atoms with Crippen LogP contribution >= 0.6 is 0 Å². The highest BCUT2D eigenvalue weighted by atomic mass is 16.7. The molecule has 0 bridgehead atoms. The Morgan fingerprint density at radius 1 is 0.529 bits per heavy atom. The molecule has 370 valence electrons. The number of rotatable bonds is 34. The van der Waals surface area contributed by atoms with Crippen molar-refractivity contribution < 1.29 is 43.5 Å². The molecule has 4 aromatic rings. The van der Waals surface area contributed by atoms with E-state index < -0.39 is 61.2 Å². The van der Waals surface area contributed by atoms with Crippen molar-refractivity contribution in [2.75, 3.05) is 6.61 Å². The maximum Gasteiger partial charge on any atom is 0.306 e. The zero-order valence-electron chi connectivity index (χ0n) is 40.4. The summed E-state index contributed by atoms with van der Waals surface area (Å²) >= 11 is 0. The molecule has 3 N–H and O–H groups in total. The molecule has 1 fully saturated rings. The van der Waals surface area contributed by atoms with Crippen LogP contribution in [-0.4, -0.2) is 71.4 Å². The van der Waals surface area contributed by atoms with Gasteiger partial charge in [0.2, 0.25) is 0 Å². The Morgan fingerprint density at radius 3 is 1.41 bits per heavy atom. The van der Waals surface area contributed by atoms with Gasteiger partial charge in [-0.05, 0) is 86.5 Å². The molecule has 10 nitrogen and oxygen atoms in total.